The van der Waals surface area contributed by atoms with Crippen molar-refractivity contribution in [3.05, 3.63) is 99.3 Å². The predicted molar refractivity (Wildman–Crippen MR) is 122 cm³/mol. The molecule has 9 heteroatoms. The molecule has 0 fully saturated rings. The molecule has 2 aromatic carbocycles. The zero-order chi connectivity index (χ0) is 22.2. The largest absolute Gasteiger partial charge is 0.401 e. The number of halogens is 1. The Kier molecular flexibility index (Phi) is 4.73. The average Bonchev–Trinajstić information content (AvgIpc) is 3.25. The lowest BCUT2D eigenvalue weighted by Gasteiger charge is -2.19. The molecule has 0 atom stereocenters. The van der Waals surface area contributed by atoms with Crippen LogP contribution in [-0.2, 0) is 0 Å². The molecule has 4 aromatic rings. The smallest absolute Gasteiger partial charge is 0.269 e. The third-order valence-electron chi connectivity index (χ3n) is 5.09. The lowest BCUT2D eigenvalue weighted by Crippen LogP contribution is -2.29. The molecule has 1 aliphatic heterocycles. The Balaban J connectivity index is 1.81. The SMILES string of the molecule is N#Cc1cccc(-n2ncc3c(=O)n(-c4ccc(Cl)cc4)c(C4=CC=C(N)CN4)nc32)c1. The van der Waals surface area contributed by atoms with E-state index in [1.54, 1.807) is 65.4 Å². The molecule has 5 rings (SSSR count). The first-order chi connectivity index (χ1) is 15.5. The molecule has 0 bridgehead atoms. The highest BCUT2D eigenvalue weighted by Crippen LogP contribution is 2.22. The molecule has 3 heterocycles. The van der Waals surface area contributed by atoms with E-state index in [-0.39, 0.29) is 5.56 Å². The molecule has 0 saturated carbocycles. The molecule has 1 aliphatic rings. The predicted octanol–water partition coefficient (Wildman–Crippen LogP) is 2.88. The fraction of sp³-hybridized carbons (Fsp3) is 0.0435. The van der Waals surface area contributed by atoms with Gasteiger partial charge in [-0.15, -0.1) is 0 Å². The van der Waals surface area contributed by atoms with Crippen molar-refractivity contribution >= 4 is 28.3 Å². The molecule has 0 radical (unpaired) electrons. The van der Waals surface area contributed by atoms with Crippen molar-refractivity contribution in [3.8, 4) is 17.4 Å². The van der Waals surface area contributed by atoms with Crippen LogP contribution in [0.5, 0.6) is 0 Å². The number of aromatic nitrogens is 4. The highest BCUT2D eigenvalue weighted by atomic mass is 35.5. The second kappa shape index (κ2) is 7.72. The number of rotatable bonds is 3. The van der Waals surface area contributed by atoms with E-state index in [1.165, 1.54) is 10.8 Å². The summed E-state index contributed by atoms with van der Waals surface area (Å²) in [6, 6.07) is 16.0. The summed E-state index contributed by atoms with van der Waals surface area (Å²) in [6.07, 6.45) is 5.05. The number of nitrogens with two attached hydrogens (primary N) is 1. The summed E-state index contributed by atoms with van der Waals surface area (Å²) >= 11 is 6.05. The van der Waals surface area contributed by atoms with Crippen LogP contribution in [-0.4, -0.2) is 25.9 Å². The van der Waals surface area contributed by atoms with Gasteiger partial charge in [-0.3, -0.25) is 9.36 Å². The molecule has 0 spiro atoms. The van der Waals surface area contributed by atoms with E-state index in [1.807, 2.05) is 0 Å². The normalized spacial score (nSPS) is 13.2. The Morgan fingerprint density at radius 2 is 1.94 bits per heavy atom. The molecule has 0 unspecified atom stereocenters. The number of nitriles is 1. The summed E-state index contributed by atoms with van der Waals surface area (Å²) in [5, 5.41) is 17.8. The molecular formula is C23H16ClN7O. The van der Waals surface area contributed by atoms with Gasteiger partial charge in [0, 0.05) is 10.7 Å². The number of hydrogen-bond acceptors (Lipinski definition) is 6. The first-order valence-corrected chi connectivity index (χ1v) is 10.1. The fourth-order valence-corrected chi connectivity index (χ4v) is 3.66. The zero-order valence-corrected chi connectivity index (χ0v) is 17.4. The number of benzene rings is 2. The van der Waals surface area contributed by atoms with Crippen LogP contribution in [0.25, 0.3) is 28.1 Å². The van der Waals surface area contributed by atoms with Crippen LogP contribution in [0.1, 0.15) is 11.4 Å². The average molecular weight is 442 g/mol. The van der Waals surface area contributed by atoms with E-state index < -0.39 is 0 Å². The van der Waals surface area contributed by atoms with E-state index in [2.05, 4.69) is 16.5 Å². The molecule has 2 aromatic heterocycles. The maximum Gasteiger partial charge on any atom is 0.269 e. The number of hydrogen-bond donors (Lipinski definition) is 2. The van der Waals surface area contributed by atoms with Gasteiger partial charge in [-0.1, -0.05) is 17.7 Å². The van der Waals surface area contributed by atoms with Crippen LogP contribution in [0.3, 0.4) is 0 Å². The quantitative estimate of drug-likeness (QED) is 0.505. The number of dihydropyridines is 1. The monoisotopic (exact) mass is 441 g/mol. The molecule has 32 heavy (non-hydrogen) atoms. The van der Waals surface area contributed by atoms with Crippen molar-refractivity contribution in [1.29, 1.82) is 5.26 Å². The van der Waals surface area contributed by atoms with Crippen molar-refractivity contribution in [2.75, 3.05) is 6.54 Å². The Labute approximate surface area is 187 Å². The molecule has 0 amide bonds. The van der Waals surface area contributed by atoms with Crippen LogP contribution in [0.4, 0.5) is 0 Å². The summed E-state index contributed by atoms with van der Waals surface area (Å²) in [6.45, 7) is 0.434. The number of nitrogens with one attached hydrogen (secondary N) is 1. The van der Waals surface area contributed by atoms with Gasteiger partial charge in [0.25, 0.3) is 5.56 Å². The van der Waals surface area contributed by atoms with Gasteiger partial charge >= 0.3 is 0 Å². The Morgan fingerprint density at radius 1 is 1.12 bits per heavy atom. The Morgan fingerprint density at radius 3 is 2.66 bits per heavy atom. The van der Waals surface area contributed by atoms with Crippen LogP contribution in [0.2, 0.25) is 5.02 Å². The molecular weight excluding hydrogens is 426 g/mol. The molecule has 8 nitrogen and oxygen atoms in total. The zero-order valence-electron chi connectivity index (χ0n) is 16.7. The Hall–Kier alpha value is -4.35. The first-order valence-electron chi connectivity index (χ1n) is 9.73. The van der Waals surface area contributed by atoms with Crippen molar-refractivity contribution < 1.29 is 0 Å². The minimum absolute atomic E-state index is 0.278. The Bertz CT molecular complexity index is 1520. The van der Waals surface area contributed by atoms with Gasteiger partial charge in [0.05, 0.1) is 41.4 Å². The van der Waals surface area contributed by atoms with Gasteiger partial charge in [0.2, 0.25) is 0 Å². The van der Waals surface area contributed by atoms with Crippen molar-refractivity contribution in [3.63, 3.8) is 0 Å². The summed E-state index contributed by atoms with van der Waals surface area (Å²) < 4.78 is 3.07. The van der Waals surface area contributed by atoms with Crippen molar-refractivity contribution in [2.45, 2.75) is 0 Å². The number of allylic oxidation sites excluding steroid dienone is 2. The molecule has 3 N–H and O–H groups in total. The van der Waals surface area contributed by atoms with Gasteiger partial charge in [-0.05, 0) is 54.6 Å². The topological polar surface area (TPSA) is 115 Å². The minimum Gasteiger partial charge on any atom is -0.401 e. The highest BCUT2D eigenvalue weighted by Gasteiger charge is 2.20. The van der Waals surface area contributed by atoms with Gasteiger partial charge in [0.1, 0.15) is 5.39 Å². The lowest BCUT2D eigenvalue weighted by molar-refractivity contribution is 0.847. The lowest BCUT2D eigenvalue weighted by atomic mass is 10.2. The van der Waals surface area contributed by atoms with Crippen molar-refractivity contribution in [2.24, 2.45) is 5.73 Å². The third kappa shape index (κ3) is 3.31. The molecule has 0 saturated heterocycles. The molecule has 156 valence electrons. The fourth-order valence-electron chi connectivity index (χ4n) is 3.53. The first kappa shape index (κ1) is 19.6. The van der Waals surface area contributed by atoms with E-state index in [0.29, 0.717) is 56.8 Å². The second-order valence-corrected chi connectivity index (χ2v) is 7.62. The van der Waals surface area contributed by atoms with E-state index in [9.17, 15) is 10.1 Å². The maximum atomic E-state index is 13.6. The highest BCUT2D eigenvalue weighted by molar-refractivity contribution is 6.30. The summed E-state index contributed by atoms with van der Waals surface area (Å²) in [7, 11) is 0. The molecule has 0 aliphatic carbocycles. The van der Waals surface area contributed by atoms with Gasteiger partial charge in [-0.25, -0.2) is 9.67 Å². The van der Waals surface area contributed by atoms with Gasteiger partial charge < -0.3 is 11.1 Å². The number of nitrogens with zero attached hydrogens (tertiary/aromatic N) is 5. The maximum absolute atomic E-state index is 13.6. The summed E-state index contributed by atoms with van der Waals surface area (Å²) in [5.41, 5.74) is 9.05. The van der Waals surface area contributed by atoms with Crippen LogP contribution < -0.4 is 16.6 Å². The van der Waals surface area contributed by atoms with E-state index in [4.69, 9.17) is 22.3 Å². The van der Waals surface area contributed by atoms with Gasteiger partial charge in [0.15, 0.2) is 11.5 Å². The standard InChI is InChI=1S/C23H16ClN7O/c24-15-4-7-17(8-5-15)30-22(20-9-6-16(26)12-27-20)29-21-19(23(30)32)13-28-31(21)18-3-1-2-14(10-18)11-25/h1-10,13,27H,12,26H2. The van der Waals surface area contributed by atoms with Crippen LogP contribution in [0.15, 0.2) is 77.4 Å². The van der Waals surface area contributed by atoms with E-state index >= 15 is 0 Å². The van der Waals surface area contributed by atoms with Crippen LogP contribution >= 0.6 is 11.6 Å². The minimum atomic E-state index is -0.278. The third-order valence-corrected chi connectivity index (χ3v) is 5.35. The van der Waals surface area contributed by atoms with E-state index in [0.717, 1.165) is 0 Å². The second-order valence-electron chi connectivity index (χ2n) is 7.18. The van der Waals surface area contributed by atoms with Crippen molar-refractivity contribution in [1.82, 2.24) is 24.6 Å². The summed E-state index contributed by atoms with van der Waals surface area (Å²) in [4.78, 5) is 18.4. The number of fused-ring (bicyclic) bond motifs is 1. The summed E-state index contributed by atoms with van der Waals surface area (Å²) in [5.74, 6) is 0.409. The van der Waals surface area contributed by atoms with Gasteiger partial charge in [-0.2, -0.15) is 10.4 Å². The van der Waals surface area contributed by atoms with Crippen LogP contribution in [0, 0.1) is 11.3 Å².